The first-order valence-electron chi connectivity index (χ1n) is 6.65. The van der Waals surface area contributed by atoms with Gasteiger partial charge in [0.15, 0.2) is 0 Å². The lowest BCUT2D eigenvalue weighted by Crippen LogP contribution is -2.41. The summed E-state index contributed by atoms with van der Waals surface area (Å²) in [5.74, 6) is -1.11. The Kier molecular flexibility index (Phi) is 5.46. The molecule has 0 spiro atoms. The summed E-state index contributed by atoms with van der Waals surface area (Å²) in [4.78, 5) is 0. The Balaban J connectivity index is 2.28. The van der Waals surface area contributed by atoms with Gasteiger partial charge >= 0.3 is 6.18 Å². The minimum atomic E-state index is -4.03. The molecule has 0 unspecified atom stereocenters. The van der Waals surface area contributed by atoms with Gasteiger partial charge in [0, 0.05) is 19.2 Å². The second kappa shape index (κ2) is 6.24. The van der Waals surface area contributed by atoms with Gasteiger partial charge in [-0.3, -0.25) is 0 Å². The highest BCUT2D eigenvalue weighted by molar-refractivity contribution is 4.82. The van der Waals surface area contributed by atoms with Crippen molar-refractivity contribution in [3.8, 4) is 0 Å². The topological polar surface area (TPSA) is 32.3 Å². The molecule has 1 aliphatic carbocycles. The van der Waals surface area contributed by atoms with E-state index in [2.05, 4.69) is 19.2 Å². The number of aliphatic hydroxyl groups is 1. The first-order valence-corrected chi connectivity index (χ1v) is 6.65. The van der Waals surface area contributed by atoms with E-state index in [1.54, 1.807) is 0 Å². The normalized spacial score (nSPS) is 26.3. The van der Waals surface area contributed by atoms with Gasteiger partial charge in [-0.25, -0.2) is 0 Å². The predicted octanol–water partition coefficient (Wildman–Crippen LogP) is 3.11. The van der Waals surface area contributed by atoms with Crippen LogP contribution in [-0.4, -0.2) is 30.5 Å². The molecule has 2 nitrogen and oxygen atoms in total. The molecule has 1 saturated carbocycles. The van der Waals surface area contributed by atoms with Crippen LogP contribution in [0.1, 0.15) is 46.0 Å². The molecule has 5 heteroatoms. The molecule has 0 aromatic carbocycles. The summed E-state index contributed by atoms with van der Waals surface area (Å²) in [7, 11) is 0. The van der Waals surface area contributed by atoms with Gasteiger partial charge in [0.05, 0.1) is 5.92 Å². The van der Waals surface area contributed by atoms with Crippen molar-refractivity contribution in [1.82, 2.24) is 5.32 Å². The van der Waals surface area contributed by atoms with E-state index < -0.39 is 12.1 Å². The third-order valence-corrected chi connectivity index (χ3v) is 3.85. The van der Waals surface area contributed by atoms with Crippen molar-refractivity contribution in [2.45, 2.75) is 58.2 Å². The number of hydrogen-bond acceptors (Lipinski definition) is 2. The highest BCUT2D eigenvalue weighted by Gasteiger charge is 2.41. The molecule has 0 saturated heterocycles. The van der Waals surface area contributed by atoms with Crippen LogP contribution in [0.3, 0.4) is 0 Å². The Morgan fingerprint density at radius 1 is 1.11 bits per heavy atom. The minimum absolute atomic E-state index is 0.00434. The van der Waals surface area contributed by atoms with Crippen molar-refractivity contribution in [2.24, 2.45) is 11.3 Å². The highest BCUT2D eigenvalue weighted by atomic mass is 19.4. The molecule has 18 heavy (non-hydrogen) atoms. The van der Waals surface area contributed by atoms with E-state index in [1.807, 2.05) is 0 Å². The van der Waals surface area contributed by atoms with Crippen LogP contribution in [0.4, 0.5) is 13.2 Å². The second-order valence-corrected chi connectivity index (χ2v) is 6.11. The predicted molar refractivity (Wildman–Crippen MR) is 65.3 cm³/mol. The van der Waals surface area contributed by atoms with Crippen LogP contribution in [0.2, 0.25) is 0 Å². The van der Waals surface area contributed by atoms with Gasteiger partial charge in [-0.1, -0.05) is 13.8 Å². The fraction of sp³-hybridized carbons (Fsp3) is 1.00. The number of rotatable bonds is 5. The summed E-state index contributed by atoms with van der Waals surface area (Å²) in [5, 5.41) is 12.3. The summed E-state index contributed by atoms with van der Waals surface area (Å²) in [6.07, 6.45) is -1.65. The molecular formula is C13H24F3NO. The SMILES string of the molecule is CC(C)(CCO)CNC1CCC(C(F)(F)F)CC1. The van der Waals surface area contributed by atoms with E-state index in [4.69, 9.17) is 5.11 Å². The van der Waals surface area contributed by atoms with Crippen molar-refractivity contribution in [2.75, 3.05) is 13.2 Å². The van der Waals surface area contributed by atoms with Crippen molar-refractivity contribution < 1.29 is 18.3 Å². The first kappa shape index (κ1) is 15.8. The summed E-state index contributed by atoms with van der Waals surface area (Å²) in [5.41, 5.74) is -0.00434. The van der Waals surface area contributed by atoms with Crippen LogP contribution < -0.4 is 5.32 Å². The maximum atomic E-state index is 12.5. The summed E-state index contributed by atoms with van der Waals surface area (Å²) in [6.45, 7) is 5.00. The lowest BCUT2D eigenvalue weighted by atomic mass is 9.84. The smallest absolute Gasteiger partial charge is 0.391 e. The Morgan fingerprint density at radius 3 is 2.11 bits per heavy atom. The van der Waals surface area contributed by atoms with Crippen LogP contribution in [0.15, 0.2) is 0 Å². The average molecular weight is 267 g/mol. The van der Waals surface area contributed by atoms with Crippen LogP contribution in [0.5, 0.6) is 0 Å². The maximum Gasteiger partial charge on any atom is 0.391 e. The van der Waals surface area contributed by atoms with Gasteiger partial charge < -0.3 is 10.4 Å². The minimum Gasteiger partial charge on any atom is -0.396 e. The molecule has 1 aliphatic rings. The molecule has 0 aliphatic heterocycles. The molecule has 0 amide bonds. The summed E-state index contributed by atoms with van der Waals surface area (Å²) >= 11 is 0. The monoisotopic (exact) mass is 267 g/mol. The van der Waals surface area contributed by atoms with Gasteiger partial charge in [-0.15, -0.1) is 0 Å². The van der Waals surface area contributed by atoms with Crippen LogP contribution in [0.25, 0.3) is 0 Å². The van der Waals surface area contributed by atoms with Gasteiger partial charge in [0.25, 0.3) is 0 Å². The second-order valence-electron chi connectivity index (χ2n) is 6.11. The quantitative estimate of drug-likeness (QED) is 0.802. The lowest BCUT2D eigenvalue weighted by molar-refractivity contribution is -0.182. The van der Waals surface area contributed by atoms with Crippen molar-refractivity contribution in [3.63, 3.8) is 0 Å². The Hall–Kier alpha value is -0.290. The zero-order chi connectivity index (χ0) is 13.8. The third-order valence-electron chi connectivity index (χ3n) is 3.85. The van der Waals surface area contributed by atoms with Crippen LogP contribution in [-0.2, 0) is 0 Å². The molecule has 0 heterocycles. The van der Waals surface area contributed by atoms with Crippen LogP contribution in [0, 0.1) is 11.3 Å². The number of aliphatic hydroxyl groups excluding tert-OH is 1. The van der Waals surface area contributed by atoms with Crippen molar-refractivity contribution >= 4 is 0 Å². The van der Waals surface area contributed by atoms with Crippen LogP contribution >= 0.6 is 0 Å². The van der Waals surface area contributed by atoms with Crippen molar-refractivity contribution in [3.05, 3.63) is 0 Å². The van der Waals surface area contributed by atoms with E-state index in [0.29, 0.717) is 19.3 Å². The fourth-order valence-corrected chi connectivity index (χ4v) is 2.44. The van der Waals surface area contributed by atoms with Gasteiger partial charge in [0.2, 0.25) is 0 Å². The standard InChI is InChI=1S/C13H24F3NO/c1-12(2,7-8-18)9-17-11-5-3-10(4-6-11)13(14,15)16/h10-11,17-18H,3-9H2,1-2H3. The first-order chi connectivity index (χ1) is 8.24. The molecule has 0 radical (unpaired) electrons. The van der Waals surface area contributed by atoms with Gasteiger partial charge in [-0.05, 0) is 37.5 Å². The average Bonchev–Trinajstić information content (AvgIpc) is 2.26. The lowest BCUT2D eigenvalue weighted by Gasteiger charge is -2.33. The van der Waals surface area contributed by atoms with E-state index in [-0.39, 0.29) is 30.9 Å². The number of halogens is 3. The Morgan fingerprint density at radius 2 is 1.67 bits per heavy atom. The summed E-state index contributed by atoms with van der Waals surface area (Å²) in [6, 6.07) is 0.196. The van der Waals surface area contributed by atoms with E-state index in [1.165, 1.54) is 0 Å². The molecule has 108 valence electrons. The molecule has 0 atom stereocenters. The molecule has 2 N–H and O–H groups in total. The van der Waals surface area contributed by atoms with E-state index >= 15 is 0 Å². The Bertz CT molecular complexity index is 245. The number of nitrogens with one attached hydrogen (secondary N) is 1. The van der Waals surface area contributed by atoms with E-state index in [9.17, 15) is 13.2 Å². The zero-order valence-corrected chi connectivity index (χ0v) is 11.2. The highest BCUT2D eigenvalue weighted by Crippen LogP contribution is 2.37. The van der Waals surface area contributed by atoms with Crippen molar-refractivity contribution in [1.29, 1.82) is 0 Å². The summed E-state index contributed by atoms with van der Waals surface area (Å²) < 4.78 is 37.5. The maximum absolute atomic E-state index is 12.5. The zero-order valence-electron chi connectivity index (χ0n) is 11.2. The Labute approximate surface area is 107 Å². The number of hydrogen-bond donors (Lipinski definition) is 2. The van der Waals surface area contributed by atoms with Gasteiger partial charge in [-0.2, -0.15) is 13.2 Å². The third kappa shape index (κ3) is 5.14. The fourth-order valence-electron chi connectivity index (χ4n) is 2.44. The molecule has 1 rings (SSSR count). The van der Waals surface area contributed by atoms with E-state index in [0.717, 1.165) is 6.54 Å². The molecular weight excluding hydrogens is 243 g/mol. The number of alkyl halides is 3. The molecule has 0 aromatic heterocycles. The largest absolute Gasteiger partial charge is 0.396 e. The molecule has 0 bridgehead atoms. The molecule has 1 fully saturated rings. The molecule has 0 aromatic rings. The van der Waals surface area contributed by atoms with Gasteiger partial charge in [0.1, 0.15) is 0 Å².